The van der Waals surface area contributed by atoms with Gasteiger partial charge in [-0.05, 0) is 13.0 Å². The second-order valence-corrected chi connectivity index (χ2v) is 2.98. The van der Waals surface area contributed by atoms with E-state index in [1.807, 2.05) is 0 Å². The molecule has 6 nitrogen and oxygen atoms in total. The van der Waals surface area contributed by atoms with Gasteiger partial charge in [0.25, 0.3) is 0 Å². The third-order valence-corrected chi connectivity index (χ3v) is 1.65. The number of rotatable bonds is 4. The summed E-state index contributed by atoms with van der Waals surface area (Å²) in [5.74, 6) is -1.01. The van der Waals surface area contributed by atoms with Gasteiger partial charge in [-0.25, -0.2) is 14.8 Å². The van der Waals surface area contributed by atoms with Crippen LogP contribution in [0.25, 0.3) is 0 Å². The van der Waals surface area contributed by atoms with Crippen molar-refractivity contribution in [1.82, 2.24) is 15.3 Å². The van der Waals surface area contributed by atoms with Crippen LogP contribution in [0.1, 0.15) is 11.5 Å². The van der Waals surface area contributed by atoms with Gasteiger partial charge >= 0.3 is 5.97 Å². The van der Waals surface area contributed by atoms with Gasteiger partial charge in [0, 0.05) is 18.3 Å². The molecule has 0 unspecified atom stereocenters. The number of aryl methyl sites for hydroxylation is 1. The second kappa shape index (κ2) is 5.59. The van der Waals surface area contributed by atoms with Crippen LogP contribution in [0.2, 0.25) is 0 Å². The zero-order valence-corrected chi connectivity index (χ0v) is 8.67. The monoisotopic (exact) mass is 221 g/mol. The number of hydrogen-bond donors (Lipinski definition) is 2. The number of nitrogens with one attached hydrogen (secondary N) is 1. The van der Waals surface area contributed by atoms with Gasteiger partial charge in [-0.2, -0.15) is 0 Å². The van der Waals surface area contributed by atoms with Crippen molar-refractivity contribution < 1.29 is 14.7 Å². The predicted octanol–water partition coefficient (Wildman–Crippen LogP) is 0.0420. The highest BCUT2D eigenvalue weighted by atomic mass is 16.4. The Bertz CT molecular complexity index is 429. The molecule has 0 bridgehead atoms. The fourth-order valence-corrected chi connectivity index (χ4v) is 0.987. The highest BCUT2D eigenvalue weighted by Gasteiger charge is 1.99. The van der Waals surface area contributed by atoms with Crippen LogP contribution in [-0.2, 0) is 16.1 Å². The number of aliphatic carboxylic acids is 1. The maximum absolute atomic E-state index is 11.1. The molecule has 1 rings (SSSR count). The minimum atomic E-state index is -1.16. The molecule has 0 spiro atoms. The molecule has 0 saturated carbocycles. The zero-order chi connectivity index (χ0) is 12.0. The van der Waals surface area contributed by atoms with Gasteiger partial charge in [-0.1, -0.05) is 0 Å². The molecule has 1 aromatic rings. The van der Waals surface area contributed by atoms with Crippen LogP contribution < -0.4 is 5.32 Å². The number of aromatic nitrogens is 2. The number of carboxylic acid groups (broad SMARTS) is 1. The Balaban J connectivity index is 2.46. The van der Waals surface area contributed by atoms with E-state index in [0.29, 0.717) is 11.5 Å². The maximum atomic E-state index is 11.1. The SMILES string of the molecule is Cc1nccc(CNC(=O)/C=C/C(=O)O)n1. The smallest absolute Gasteiger partial charge is 0.328 e. The molecule has 0 aromatic carbocycles. The molecular formula is C10H11N3O3. The lowest BCUT2D eigenvalue weighted by Crippen LogP contribution is -2.21. The summed E-state index contributed by atoms with van der Waals surface area (Å²) < 4.78 is 0. The minimum absolute atomic E-state index is 0.242. The van der Waals surface area contributed by atoms with Crippen molar-refractivity contribution in [2.45, 2.75) is 13.5 Å². The number of hydrogen-bond acceptors (Lipinski definition) is 4. The highest BCUT2D eigenvalue weighted by Crippen LogP contribution is 1.93. The Labute approximate surface area is 92.0 Å². The third-order valence-electron chi connectivity index (χ3n) is 1.65. The van der Waals surface area contributed by atoms with Crippen LogP contribution in [0, 0.1) is 6.92 Å². The summed E-state index contributed by atoms with van der Waals surface area (Å²) in [7, 11) is 0. The van der Waals surface area contributed by atoms with Gasteiger partial charge in [0.05, 0.1) is 12.2 Å². The van der Waals surface area contributed by atoms with E-state index >= 15 is 0 Å². The number of carbonyl (C=O) groups is 2. The first kappa shape index (κ1) is 11.8. The Kier molecular flexibility index (Phi) is 4.14. The average molecular weight is 221 g/mol. The Morgan fingerprint density at radius 1 is 1.50 bits per heavy atom. The van der Waals surface area contributed by atoms with Crippen molar-refractivity contribution in [2.75, 3.05) is 0 Å². The molecule has 0 aliphatic rings. The Hall–Kier alpha value is -2.24. The summed E-state index contributed by atoms with van der Waals surface area (Å²) in [5, 5.41) is 10.8. The summed E-state index contributed by atoms with van der Waals surface area (Å²) >= 11 is 0. The van der Waals surface area contributed by atoms with E-state index in [2.05, 4.69) is 15.3 Å². The van der Waals surface area contributed by atoms with Crippen molar-refractivity contribution in [3.8, 4) is 0 Å². The molecule has 0 aliphatic carbocycles. The van der Waals surface area contributed by atoms with Crippen LogP contribution >= 0.6 is 0 Å². The molecule has 1 aromatic heterocycles. The van der Waals surface area contributed by atoms with Gasteiger partial charge in [0.1, 0.15) is 5.82 Å². The molecule has 2 N–H and O–H groups in total. The van der Waals surface area contributed by atoms with Gasteiger partial charge < -0.3 is 10.4 Å². The summed E-state index contributed by atoms with van der Waals surface area (Å²) in [6.07, 6.45) is 3.33. The van der Waals surface area contributed by atoms with Crippen LogP contribution in [0.15, 0.2) is 24.4 Å². The van der Waals surface area contributed by atoms with Gasteiger partial charge in [-0.15, -0.1) is 0 Å². The average Bonchev–Trinajstić information content (AvgIpc) is 2.23. The third kappa shape index (κ3) is 4.32. The van der Waals surface area contributed by atoms with Crippen LogP contribution in [0.3, 0.4) is 0 Å². The lowest BCUT2D eigenvalue weighted by Gasteiger charge is -2.01. The van der Waals surface area contributed by atoms with E-state index < -0.39 is 11.9 Å². The predicted molar refractivity (Wildman–Crippen MR) is 55.4 cm³/mol. The molecule has 0 radical (unpaired) electrons. The normalized spacial score (nSPS) is 10.3. The number of amides is 1. The summed E-state index contributed by atoms with van der Waals surface area (Å²) in [4.78, 5) is 29.2. The molecule has 16 heavy (non-hydrogen) atoms. The maximum Gasteiger partial charge on any atom is 0.328 e. The molecule has 6 heteroatoms. The van der Waals surface area contributed by atoms with E-state index in [-0.39, 0.29) is 6.54 Å². The molecule has 0 atom stereocenters. The van der Waals surface area contributed by atoms with E-state index in [1.54, 1.807) is 19.2 Å². The number of carbonyl (C=O) groups excluding carboxylic acids is 1. The fraction of sp³-hybridized carbons (Fsp3) is 0.200. The fourth-order valence-electron chi connectivity index (χ4n) is 0.987. The second-order valence-electron chi connectivity index (χ2n) is 2.98. The largest absolute Gasteiger partial charge is 0.478 e. The molecule has 0 aliphatic heterocycles. The van der Waals surface area contributed by atoms with Crippen molar-refractivity contribution >= 4 is 11.9 Å². The highest BCUT2D eigenvalue weighted by molar-refractivity contribution is 5.93. The van der Waals surface area contributed by atoms with E-state index in [0.717, 1.165) is 12.2 Å². The first-order valence-electron chi connectivity index (χ1n) is 4.55. The van der Waals surface area contributed by atoms with Crippen LogP contribution in [0.5, 0.6) is 0 Å². The first-order chi connectivity index (χ1) is 7.58. The van der Waals surface area contributed by atoms with Crippen molar-refractivity contribution in [1.29, 1.82) is 0 Å². The van der Waals surface area contributed by atoms with Gasteiger partial charge in [-0.3, -0.25) is 4.79 Å². The lowest BCUT2D eigenvalue weighted by atomic mass is 10.4. The van der Waals surface area contributed by atoms with E-state index in [9.17, 15) is 9.59 Å². The van der Waals surface area contributed by atoms with E-state index in [4.69, 9.17) is 5.11 Å². The summed E-state index contributed by atoms with van der Waals surface area (Å²) in [6.45, 7) is 1.99. The molecule has 1 amide bonds. The van der Waals surface area contributed by atoms with Crippen LogP contribution in [0.4, 0.5) is 0 Å². The minimum Gasteiger partial charge on any atom is -0.478 e. The van der Waals surface area contributed by atoms with Crippen molar-refractivity contribution in [2.24, 2.45) is 0 Å². The summed E-state index contributed by atoms with van der Waals surface area (Å²) in [6, 6.07) is 1.67. The molecule has 0 saturated heterocycles. The Morgan fingerprint density at radius 2 is 2.25 bits per heavy atom. The number of nitrogens with zero attached hydrogens (tertiary/aromatic N) is 2. The van der Waals surface area contributed by atoms with E-state index in [1.165, 1.54) is 0 Å². The summed E-state index contributed by atoms with van der Waals surface area (Å²) in [5.41, 5.74) is 0.671. The van der Waals surface area contributed by atoms with Crippen molar-refractivity contribution in [3.63, 3.8) is 0 Å². The zero-order valence-electron chi connectivity index (χ0n) is 8.67. The van der Waals surface area contributed by atoms with Crippen LogP contribution in [-0.4, -0.2) is 27.0 Å². The van der Waals surface area contributed by atoms with Gasteiger partial charge in [0.2, 0.25) is 5.91 Å². The van der Waals surface area contributed by atoms with Crippen molar-refractivity contribution in [3.05, 3.63) is 35.9 Å². The molecule has 0 fully saturated rings. The van der Waals surface area contributed by atoms with Gasteiger partial charge in [0.15, 0.2) is 0 Å². The molecule has 84 valence electrons. The lowest BCUT2D eigenvalue weighted by molar-refractivity contribution is -0.131. The first-order valence-corrected chi connectivity index (χ1v) is 4.55. The Morgan fingerprint density at radius 3 is 2.88 bits per heavy atom. The number of carboxylic acids is 1. The molecular weight excluding hydrogens is 210 g/mol. The molecule has 1 heterocycles. The topological polar surface area (TPSA) is 92.2 Å². The quantitative estimate of drug-likeness (QED) is 0.700. The standard InChI is InChI=1S/C10H11N3O3/c1-7-11-5-4-8(13-7)6-12-9(14)2-3-10(15)16/h2-5H,6H2,1H3,(H,12,14)(H,15,16)/b3-2+.